The molecule has 0 unspecified atom stereocenters. The Balaban J connectivity index is 1.91. The molecule has 0 spiro atoms. The van der Waals surface area contributed by atoms with Crippen LogP contribution in [0.15, 0.2) is 54.6 Å². The number of ether oxygens (including phenoxy) is 1. The minimum Gasteiger partial charge on any atom is -0.496 e. The number of anilines is 1. The Bertz CT molecular complexity index is 549. The Morgan fingerprint density at radius 1 is 1.11 bits per heavy atom. The summed E-state index contributed by atoms with van der Waals surface area (Å²) in [5.41, 5.74) is 2.12. The van der Waals surface area contributed by atoms with Crippen LogP contribution in [-0.4, -0.2) is 13.7 Å². The molecule has 0 saturated carbocycles. The smallest absolute Gasteiger partial charge is 0.126 e. The van der Waals surface area contributed by atoms with Crippen molar-refractivity contribution < 1.29 is 4.74 Å². The molecule has 0 aliphatic carbocycles. The summed E-state index contributed by atoms with van der Waals surface area (Å²) in [6.45, 7) is 0.750. The number of benzene rings is 2. The van der Waals surface area contributed by atoms with Crippen LogP contribution < -0.4 is 10.1 Å². The fourth-order valence-electron chi connectivity index (χ4n) is 1.73. The second-order valence-electron chi connectivity index (χ2n) is 4.03. The van der Waals surface area contributed by atoms with Gasteiger partial charge in [0.05, 0.1) is 7.11 Å². The second kappa shape index (κ2) is 6.86. The highest BCUT2D eigenvalue weighted by Gasteiger charge is 1.96. The van der Waals surface area contributed by atoms with E-state index in [-0.39, 0.29) is 0 Å². The molecule has 2 aromatic carbocycles. The van der Waals surface area contributed by atoms with Crippen LogP contribution in [0.1, 0.15) is 5.56 Å². The van der Waals surface area contributed by atoms with Crippen molar-refractivity contribution in [2.24, 2.45) is 0 Å². The third kappa shape index (κ3) is 4.04. The molecule has 0 radical (unpaired) electrons. The predicted molar refractivity (Wildman–Crippen MR) is 82.0 cm³/mol. The molecule has 0 heterocycles. The van der Waals surface area contributed by atoms with Gasteiger partial charge in [-0.1, -0.05) is 42.0 Å². The molecular weight excluding hydrogens is 258 g/mol. The van der Waals surface area contributed by atoms with Crippen molar-refractivity contribution in [3.63, 3.8) is 0 Å². The summed E-state index contributed by atoms with van der Waals surface area (Å²) in [6.07, 6.45) is 4.11. The van der Waals surface area contributed by atoms with Gasteiger partial charge in [-0.3, -0.25) is 0 Å². The minimum absolute atomic E-state index is 0.745. The van der Waals surface area contributed by atoms with Crippen molar-refractivity contribution in [1.82, 2.24) is 0 Å². The molecule has 1 N–H and O–H groups in total. The highest BCUT2D eigenvalue weighted by atomic mass is 35.5. The standard InChI is InChI=1S/C16H16ClNO/c1-19-16-7-3-2-5-13(16)6-4-12-18-15-10-8-14(17)9-11-15/h2-11,18H,12H2,1H3. The zero-order valence-electron chi connectivity index (χ0n) is 10.8. The first-order chi connectivity index (χ1) is 9.29. The largest absolute Gasteiger partial charge is 0.496 e. The number of nitrogens with one attached hydrogen (secondary N) is 1. The summed E-state index contributed by atoms with van der Waals surface area (Å²) in [6, 6.07) is 15.6. The summed E-state index contributed by atoms with van der Waals surface area (Å²) >= 11 is 5.83. The lowest BCUT2D eigenvalue weighted by Crippen LogP contribution is -1.97. The topological polar surface area (TPSA) is 21.3 Å². The van der Waals surface area contributed by atoms with Crippen molar-refractivity contribution in [3.05, 3.63) is 65.2 Å². The minimum atomic E-state index is 0.745. The molecule has 0 saturated heterocycles. The van der Waals surface area contributed by atoms with Crippen LogP contribution in [0, 0.1) is 0 Å². The van der Waals surface area contributed by atoms with E-state index in [2.05, 4.69) is 11.4 Å². The first-order valence-electron chi connectivity index (χ1n) is 6.08. The van der Waals surface area contributed by atoms with Crippen LogP contribution >= 0.6 is 11.6 Å². The quantitative estimate of drug-likeness (QED) is 0.868. The third-order valence-electron chi connectivity index (χ3n) is 2.70. The van der Waals surface area contributed by atoms with Crippen LogP contribution in [0.5, 0.6) is 5.75 Å². The normalized spacial score (nSPS) is 10.6. The lowest BCUT2D eigenvalue weighted by atomic mass is 10.2. The Hall–Kier alpha value is -1.93. The maximum absolute atomic E-state index is 5.83. The van der Waals surface area contributed by atoms with E-state index in [1.54, 1.807) is 7.11 Å². The zero-order valence-corrected chi connectivity index (χ0v) is 11.5. The predicted octanol–water partition coefficient (Wildman–Crippen LogP) is 4.47. The number of rotatable bonds is 5. The number of hydrogen-bond donors (Lipinski definition) is 1. The van der Waals surface area contributed by atoms with E-state index in [0.717, 1.165) is 28.6 Å². The van der Waals surface area contributed by atoms with Crippen LogP contribution in [0.4, 0.5) is 5.69 Å². The fourth-order valence-corrected chi connectivity index (χ4v) is 1.86. The number of methoxy groups -OCH3 is 1. The van der Waals surface area contributed by atoms with Gasteiger partial charge in [-0.25, -0.2) is 0 Å². The molecule has 0 aromatic heterocycles. The van der Waals surface area contributed by atoms with Crippen molar-refractivity contribution in [1.29, 1.82) is 0 Å². The number of hydrogen-bond acceptors (Lipinski definition) is 2. The summed E-state index contributed by atoms with van der Waals surface area (Å²) in [7, 11) is 1.68. The average Bonchev–Trinajstić information content (AvgIpc) is 2.46. The number of halogens is 1. The van der Waals surface area contributed by atoms with Gasteiger partial charge in [0.25, 0.3) is 0 Å². The van der Waals surface area contributed by atoms with Crippen molar-refractivity contribution in [3.8, 4) is 5.75 Å². The first kappa shape index (κ1) is 13.5. The van der Waals surface area contributed by atoms with E-state index >= 15 is 0 Å². The Morgan fingerprint density at radius 3 is 2.58 bits per heavy atom. The maximum Gasteiger partial charge on any atom is 0.126 e. The lowest BCUT2D eigenvalue weighted by Gasteiger charge is -2.04. The summed E-state index contributed by atoms with van der Waals surface area (Å²) in [5, 5.41) is 4.04. The van der Waals surface area contributed by atoms with E-state index in [9.17, 15) is 0 Å². The zero-order chi connectivity index (χ0) is 13.5. The van der Waals surface area contributed by atoms with E-state index < -0.39 is 0 Å². The molecule has 2 nitrogen and oxygen atoms in total. The molecule has 2 aromatic rings. The van der Waals surface area contributed by atoms with Gasteiger partial charge >= 0.3 is 0 Å². The molecule has 0 atom stereocenters. The van der Waals surface area contributed by atoms with Crippen molar-refractivity contribution in [2.45, 2.75) is 0 Å². The van der Waals surface area contributed by atoms with E-state index in [4.69, 9.17) is 16.3 Å². The summed E-state index contributed by atoms with van der Waals surface area (Å²) in [4.78, 5) is 0. The Kier molecular flexibility index (Phi) is 4.87. The Labute approximate surface area is 118 Å². The van der Waals surface area contributed by atoms with Gasteiger partial charge in [0, 0.05) is 22.8 Å². The van der Waals surface area contributed by atoms with Crippen LogP contribution in [0.3, 0.4) is 0 Å². The maximum atomic E-state index is 5.83. The average molecular weight is 274 g/mol. The Morgan fingerprint density at radius 2 is 1.84 bits per heavy atom. The molecule has 0 aliphatic heterocycles. The highest BCUT2D eigenvalue weighted by Crippen LogP contribution is 2.18. The van der Waals surface area contributed by atoms with Gasteiger partial charge < -0.3 is 10.1 Å². The molecule has 0 amide bonds. The molecule has 0 aliphatic rings. The molecule has 0 fully saturated rings. The highest BCUT2D eigenvalue weighted by molar-refractivity contribution is 6.30. The summed E-state index contributed by atoms with van der Waals surface area (Å²) in [5.74, 6) is 0.880. The molecule has 19 heavy (non-hydrogen) atoms. The fraction of sp³-hybridized carbons (Fsp3) is 0.125. The van der Waals surface area contributed by atoms with Crippen LogP contribution in [0.25, 0.3) is 6.08 Å². The first-order valence-corrected chi connectivity index (χ1v) is 6.46. The van der Waals surface area contributed by atoms with E-state index in [0.29, 0.717) is 0 Å². The van der Waals surface area contributed by atoms with E-state index in [1.165, 1.54) is 0 Å². The molecule has 3 heteroatoms. The molecular formula is C16H16ClNO. The summed E-state index contributed by atoms with van der Waals surface area (Å²) < 4.78 is 5.29. The van der Waals surface area contributed by atoms with Crippen molar-refractivity contribution in [2.75, 3.05) is 19.0 Å². The second-order valence-corrected chi connectivity index (χ2v) is 4.47. The van der Waals surface area contributed by atoms with Gasteiger partial charge in [-0.05, 0) is 30.3 Å². The van der Waals surface area contributed by atoms with Crippen molar-refractivity contribution >= 4 is 23.4 Å². The van der Waals surface area contributed by atoms with E-state index in [1.807, 2.05) is 54.6 Å². The van der Waals surface area contributed by atoms with Gasteiger partial charge in [0.2, 0.25) is 0 Å². The van der Waals surface area contributed by atoms with Gasteiger partial charge in [0.15, 0.2) is 0 Å². The van der Waals surface area contributed by atoms with Gasteiger partial charge in [-0.15, -0.1) is 0 Å². The molecule has 0 bridgehead atoms. The lowest BCUT2D eigenvalue weighted by molar-refractivity contribution is 0.414. The monoisotopic (exact) mass is 273 g/mol. The third-order valence-corrected chi connectivity index (χ3v) is 2.96. The van der Waals surface area contributed by atoms with Crippen LogP contribution in [0.2, 0.25) is 5.02 Å². The van der Waals surface area contributed by atoms with Gasteiger partial charge in [-0.2, -0.15) is 0 Å². The van der Waals surface area contributed by atoms with Crippen LogP contribution in [-0.2, 0) is 0 Å². The molecule has 2 rings (SSSR count). The molecule has 98 valence electrons. The SMILES string of the molecule is COc1ccccc1C=CCNc1ccc(Cl)cc1. The number of para-hydroxylation sites is 1. The van der Waals surface area contributed by atoms with Gasteiger partial charge in [0.1, 0.15) is 5.75 Å².